The van der Waals surface area contributed by atoms with E-state index in [-0.39, 0.29) is 21.4 Å². The average molecular weight is 288 g/mol. The molecule has 0 unspecified atom stereocenters. The van der Waals surface area contributed by atoms with E-state index in [1.165, 1.54) is 0 Å². The molecule has 0 aliphatic rings. The van der Waals surface area contributed by atoms with Crippen molar-refractivity contribution in [1.29, 1.82) is 5.26 Å². The minimum Gasteiger partial charge on any atom is -0.427 e. The third-order valence-electron chi connectivity index (χ3n) is 2.26. The van der Waals surface area contributed by atoms with E-state index in [1.54, 1.807) is 24.3 Å². The molecule has 1 aromatic heterocycles. The zero-order valence-electron chi connectivity index (χ0n) is 8.28. The minimum absolute atomic E-state index is 0.0293. The summed E-state index contributed by atoms with van der Waals surface area (Å²) in [5, 5.41) is 19.3. The van der Waals surface area contributed by atoms with E-state index in [9.17, 15) is 5.21 Å². The standard InChI is InChI=1S/C11H5Cl3N2O/c12-7-3-1-6(2-4-7)10-8(5-15)9(13)11(14)16(10)17/h1-4,17H. The van der Waals surface area contributed by atoms with Gasteiger partial charge in [0.15, 0.2) is 5.15 Å². The highest BCUT2D eigenvalue weighted by Gasteiger charge is 2.21. The Kier molecular flexibility index (Phi) is 3.21. The monoisotopic (exact) mass is 286 g/mol. The first-order chi connectivity index (χ1) is 8.06. The molecular formula is C11H5Cl3N2O. The first-order valence-electron chi connectivity index (χ1n) is 4.51. The Morgan fingerprint density at radius 2 is 1.71 bits per heavy atom. The van der Waals surface area contributed by atoms with E-state index < -0.39 is 0 Å². The lowest BCUT2D eigenvalue weighted by molar-refractivity contribution is 0.193. The summed E-state index contributed by atoms with van der Waals surface area (Å²) in [5.74, 6) is 0. The molecule has 86 valence electrons. The van der Waals surface area contributed by atoms with E-state index in [0.29, 0.717) is 15.3 Å². The minimum atomic E-state index is -0.0897. The van der Waals surface area contributed by atoms with Crippen LogP contribution in [0.2, 0.25) is 15.2 Å². The van der Waals surface area contributed by atoms with E-state index >= 15 is 0 Å². The number of aromatic nitrogens is 1. The van der Waals surface area contributed by atoms with Gasteiger partial charge in [-0.25, -0.2) is 0 Å². The van der Waals surface area contributed by atoms with Gasteiger partial charge in [-0.3, -0.25) is 0 Å². The third-order valence-corrected chi connectivity index (χ3v) is 3.33. The SMILES string of the molecule is N#Cc1c(Cl)c(Cl)n(O)c1-c1ccc(Cl)cc1. The quantitative estimate of drug-likeness (QED) is 0.798. The summed E-state index contributed by atoms with van der Waals surface area (Å²) in [4.78, 5) is 0. The number of halogens is 3. The lowest BCUT2D eigenvalue weighted by Crippen LogP contribution is -1.94. The largest absolute Gasteiger partial charge is 0.427 e. The Morgan fingerprint density at radius 3 is 2.24 bits per heavy atom. The summed E-state index contributed by atoms with van der Waals surface area (Å²) >= 11 is 17.4. The Bertz CT molecular complexity index is 611. The molecule has 0 radical (unpaired) electrons. The van der Waals surface area contributed by atoms with Gasteiger partial charge in [0.25, 0.3) is 0 Å². The number of hydrogen-bond acceptors (Lipinski definition) is 2. The fourth-order valence-corrected chi connectivity index (χ4v) is 2.00. The molecule has 0 aliphatic heterocycles. The van der Waals surface area contributed by atoms with Gasteiger partial charge >= 0.3 is 0 Å². The molecule has 0 bridgehead atoms. The fourth-order valence-electron chi connectivity index (χ4n) is 1.48. The second-order valence-electron chi connectivity index (χ2n) is 3.26. The maximum absolute atomic E-state index is 9.77. The third kappa shape index (κ3) is 1.96. The molecule has 2 aromatic rings. The number of rotatable bonds is 1. The number of benzene rings is 1. The molecule has 3 nitrogen and oxygen atoms in total. The van der Waals surface area contributed by atoms with Gasteiger partial charge in [-0.15, -0.1) is 0 Å². The molecule has 6 heteroatoms. The van der Waals surface area contributed by atoms with E-state index in [0.717, 1.165) is 0 Å². The van der Waals surface area contributed by atoms with Crippen molar-refractivity contribution in [2.24, 2.45) is 0 Å². The molecule has 0 aliphatic carbocycles. The van der Waals surface area contributed by atoms with Crippen LogP contribution >= 0.6 is 34.8 Å². The summed E-state index contributed by atoms with van der Waals surface area (Å²) in [7, 11) is 0. The van der Waals surface area contributed by atoms with Gasteiger partial charge in [0.05, 0.1) is 5.02 Å². The van der Waals surface area contributed by atoms with Gasteiger partial charge in [-0.1, -0.05) is 46.9 Å². The van der Waals surface area contributed by atoms with Crippen molar-refractivity contribution >= 4 is 34.8 Å². The number of hydrogen-bond donors (Lipinski definition) is 1. The van der Waals surface area contributed by atoms with Crippen LogP contribution in [-0.4, -0.2) is 9.94 Å². The Labute approximate surface area is 112 Å². The van der Waals surface area contributed by atoms with E-state index in [4.69, 9.17) is 40.1 Å². The van der Waals surface area contributed by atoms with Crippen LogP contribution in [0.25, 0.3) is 11.3 Å². The molecule has 0 spiro atoms. The van der Waals surface area contributed by atoms with Crippen LogP contribution in [0.1, 0.15) is 5.56 Å². The van der Waals surface area contributed by atoms with Crippen LogP contribution in [0, 0.1) is 11.3 Å². The molecule has 2 rings (SSSR count). The maximum Gasteiger partial charge on any atom is 0.165 e. The fraction of sp³-hybridized carbons (Fsp3) is 0. The lowest BCUT2D eigenvalue weighted by Gasteiger charge is -2.03. The summed E-state index contributed by atoms with van der Waals surface area (Å²) in [6.07, 6.45) is 0. The molecular weight excluding hydrogens is 282 g/mol. The first kappa shape index (κ1) is 12.1. The highest BCUT2D eigenvalue weighted by atomic mass is 35.5. The van der Waals surface area contributed by atoms with Crippen LogP contribution in [0.5, 0.6) is 0 Å². The van der Waals surface area contributed by atoms with E-state index in [1.807, 2.05) is 6.07 Å². The van der Waals surface area contributed by atoms with Gasteiger partial charge in [-0.05, 0) is 12.1 Å². The molecule has 0 amide bonds. The summed E-state index contributed by atoms with van der Waals surface area (Å²) in [5.41, 5.74) is 0.975. The highest BCUT2D eigenvalue weighted by Crippen LogP contribution is 2.36. The van der Waals surface area contributed by atoms with Crippen LogP contribution in [0.4, 0.5) is 0 Å². The zero-order chi connectivity index (χ0) is 12.6. The van der Waals surface area contributed by atoms with Gasteiger partial charge in [0.1, 0.15) is 17.3 Å². The molecule has 1 N–H and O–H groups in total. The van der Waals surface area contributed by atoms with Gasteiger partial charge < -0.3 is 5.21 Å². The summed E-state index contributed by atoms with van der Waals surface area (Å²) in [6, 6.07) is 8.53. The second kappa shape index (κ2) is 4.50. The van der Waals surface area contributed by atoms with Crippen LogP contribution in [0.15, 0.2) is 24.3 Å². The smallest absolute Gasteiger partial charge is 0.165 e. The second-order valence-corrected chi connectivity index (χ2v) is 4.43. The molecule has 0 saturated heterocycles. The number of nitriles is 1. The Morgan fingerprint density at radius 1 is 1.12 bits per heavy atom. The van der Waals surface area contributed by atoms with Crippen molar-refractivity contribution in [2.75, 3.05) is 0 Å². The molecule has 1 heterocycles. The summed E-state index contributed by atoms with van der Waals surface area (Å²) in [6.45, 7) is 0. The van der Waals surface area contributed by atoms with E-state index in [2.05, 4.69) is 0 Å². The van der Waals surface area contributed by atoms with Crippen molar-refractivity contribution in [3.05, 3.63) is 45.0 Å². The molecule has 0 fully saturated rings. The predicted molar refractivity (Wildman–Crippen MR) is 66.8 cm³/mol. The molecule has 0 atom stereocenters. The summed E-state index contributed by atoms with van der Waals surface area (Å²) < 4.78 is 0.686. The van der Waals surface area contributed by atoms with Gasteiger partial charge in [0, 0.05) is 10.6 Å². The predicted octanol–water partition coefficient (Wildman–Crippen LogP) is 4.22. The van der Waals surface area contributed by atoms with Crippen molar-refractivity contribution in [1.82, 2.24) is 4.73 Å². The van der Waals surface area contributed by atoms with Crippen molar-refractivity contribution in [3.8, 4) is 17.3 Å². The van der Waals surface area contributed by atoms with Crippen LogP contribution in [-0.2, 0) is 0 Å². The Hall–Kier alpha value is -1.34. The average Bonchev–Trinajstić information content (AvgIpc) is 2.54. The number of nitrogens with zero attached hydrogens (tertiary/aromatic N) is 2. The van der Waals surface area contributed by atoms with Crippen LogP contribution < -0.4 is 0 Å². The van der Waals surface area contributed by atoms with Crippen molar-refractivity contribution in [3.63, 3.8) is 0 Å². The maximum atomic E-state index is 9.77. The topological polar surface area (TPSA) is 49.0 Å². The van der Waals surface area contributed by atoms with Gasteiger partial charge in [0.2, 0.25) is 0 Å². The molecule has 0 saturated carbocycles. The van der Waals surface area contributed by atoms with Crippen LogP contribution in [0.3, 0.4) is 0 Å². The van der Waals surface area contributed by atoms with Crippen molar-refractivity contribution < 1.29 is 5.21 Å². The first-order valence-corrected chi connectivity index (χ1v) is 5.64. The molecule has 17 heavy (non-hydrogen) atoms. The van der Waals surface area contributed by atoms with Crippen molar-refractivity contribution in [2.45, 2.75) is 0 Å². The Balaban J connectivity index is 2.72. The molecule has 1 aromatic carbocycles. The van der Waals surface area contributed by atoms with Gasteiger partial charge in [-0.2, -0.15) is 9.99 Å². The zero-order valence-corrected chi connectivity index (χ0v) is 10.6. The highest BCUT2D eigenvalue weighted by molar-refractivity contribution is 6.42. The lowest BCUT2D eigenvalue weighted by atomic mass is 10.1. The normalized spacial score (nSPS) is 10.2.